The van der Waals surface area contributed by atoms with Gasteiger partial charge in [-0.2, -0.15) is 13.2 Å². The van der Waals surface area contributed by atoms with Gasteiger partial charge in [-0.3, -0.25) is 0 Å². The molecule has 0 aliphatic rings. The highest BCUT2D eigenvalue weighted by Gasteiger charge is 2.32. The lowest BCUT2D eigenvalue weighted by Crippen LogP contribution is -2.28. The van der Waals surface area contributed by atoms with Gasteiger partial charge in [0.2, 0.25) is 0 Å². The van der Waals surface area contributed by atoms with Gasteiger partial charge in [-0.15, -0.1) is 0 Å². The Labute approximate surface area is 109 Å². The van der Waals surface area contributed by atoms with Gasteiger partial charge < -0.3 is 9.84 Å². The molecule has 19 heavy (non-hydrogen) atoms. The highest BCUT2D eigenvalue weighted by molar-refractivity contribution is 5.75. The molecule has 0 saturated heterocycles. The van der Waals surface area contributed by atoms with Crippen LogP contribution in [-0.2, 0) is 15.7 Å². The standard InChI is InChI=1S/C13H15F3O3/c1-3-19-12(18)11(17)8(2)9-5-4-6-10(7-9)13(14,15)16/h4-8,11,17H,3H2,1-2H3. The van der Waals surface area contributed by atoms with E-state index in [-0.39, 0.29) is 12.2 Å². The molecule has 0 aliphatic heterocycles. The number of aliphatic hydroxyl groups is 1. The zero-order valence-corrected chi connectivity index (χ0v) is 10.6. The number of hydrogen-bond acceptors (Lipinski definition) is 3. The van der Waals surface area contributed by atoms with Crippen molar-refractivity contribution in [3.8, 4) is 0 Å². The number of aliphatic hydroxyl groups excluding tert-OH is 1. The van der Waals surface area contributed by atoms with E-state index < -0.39 is 29.7 Å². The third kappa shape index (κ3) is 3.96. The second kappa shape index (κ2) is 6.06. The summed E-state index contributed by atoms with van der Waals surface area (Å²) in [5, 5.41) is 9.71. The smallest absolute Gasteiger partial charge is 0.416 e. The van der Waals surface area contributed by atoms with Gasteiger partial charge in [0.15, 0.2) is 6.10 Å². The van der Waals surface area contributed by atoms with E-state index in [1.165, 1.54) is 19.1 Å². The average Bonchev–Trinajstić information content (AvgIpc) is 2.36. The van der Waals surface area contributed by atoms with Gasteiger partial charge in [-0.25, -0.2) is 4.79 Å². The first-order valence-electron chi connectivity index (χ1n) is 5.79. The predicted octanol–water partition coefficient (Wildman–Crippen LogP) is 2.73. The summed E-state index contributed by atoms with van der Waals surface area (Å²) in [6.45, 7) is 3.15. The lowest BCUT2D eigenvalue weighted by atomic mass is 9.94. The van der Waals surface area contributed by atoms with Gasteiger partial charge in [0, 0.05) is 5.92 Å². The molecule has 0 amide bonds. The molecule has 106 valence electrons. The van der Waals surface area contributed by atoms with E-state index in [9.17, 15) is 23.1 Å². The Hall–Kier alpha value is -1.56. The molecule has 1 aromatic rings. The Balaban J connectivity index is 2.94. The van der Waals surface area contributed by atoms with Gasteiger partial charge in [-0.1, -0.05) is 25.1 Å². The minimum absolute atomic E-state index is 0.102. The van der Waals surface area contributed by atoms with Crippen LogP contribution in [0.15, 0.2) is 24.3 Å². The Morgan fingerprint density at radius 3 is 2.58 bits per heavy atom. The molecular formula is C13H15F3O3. The maximum Gasteiger partial charge on any atom is 0.416 e. The van der Waals surface area contributed by atoms with Crippen LogP contribution in [0.2, 0.25) is 0 Å². The van der Waals surface area contributed by atoms with Crippen molar-refractivity contribution in [3.05, 3.63) is 35.4 Å². The van der Waals surface area contributed by atoms with Gasteiger partial charge in [0.1, 0.15) is 0 Å². The van der Waals surface area contributed by atoms with Gasteiger partial charge in [-0.05, 0) is 18.6 Å². The van der Waals surface area contributed by atoms with Crippen molar-refractivity contribution in [1.82, 2.24) is 0 Å². The number of carbonyl (C=O) groups excluding carboxylic acids is 1. The Bertz CT molecular complexity index is 443. The fourth-order valence-corrected chi connectivity index (χ4v) is 1.61. The summed E-state index contributed by atoms with van der Waals surface area (Å²) in [4.78, 5) is 11.3. The van der Waals surface area contributed by atoms with Gasteiger partial charge >= 0.3 is 12.1 Å². The summed E-state index contributed by atoms with van der Waals surface area (Å²) in [6, 6.07) is 4.54. The molecule has 0 radical (unpaired) electrons. The number of halogens is 3. The fourth-order valence-electron chi connectivity index (χ4n) is 1.61. The molecule has 2 atom stereocenters. The number of rotatable bonds is 4. The minimum atomic E-state index is -4.45. The lowest BCUT2D eigenvalue weighted by Gasteiger charge is -2.18. The predicted molar refractivity (Wildman–Crippen MR) is 62.5 cm³/mol. The molecule has 0 aliphatic carbocycles. The van der Waals surface area contributed by atoms with Crippen molar-refractivity contribution in [2.24, 2.45) is 0 Å². The van der Waals surface area contributed by atoms with Crippen molar-refractivity contribution in [2.45, 2.75) is 32.0 Å². The second-order valence-corrected chi connectivity index (χ2v) is 4.11. The summed E-state index contributed by atoms with van der Waals surface area (Å²) in [7, 11) is 0. The van der Waals surface area contributed by atoms with E-state index in [0.29, 0.717) is 0 Å². The van der Waals surface area contributed by atoms with Gasteiger partial charge in [0.05, 0.1) is 12.2 Å². The lowest BCUT2D eigenvalue weighted by molar-refractivity contribution is -0.154. The van der Waals surface area contributed by atoms with E-state index in [1.807, 2.05) is 0 Å². The Morgan fingerprint density at radius 1 is 1.42 bits per heavy atom. The second-order valence-electron chi connectivity index (χ2n) is 4.11. The molecule has 6 heteroatoms. The van der Waals surface area contributed by atoms with Crippen molar-refractivity contribution in [1.29, 1.82) is 0 Å². The minimum Gasteiger partial charge on any atom is -0.464 e. The van der Waals surface area contributed by atoms with Crippen molar-refractivity contribution < 1.29 is 27.8 Å². The number of ether oxygens (including phenoxy) is 1. The Morgan fingerprint density at radius 2 is 2.05 bits per heavy atom. The SMILES string of the molecule is CCOC(=O)C(O)C(C)c1cccc(C(F)(F)F)c1. The Kier molecular flexibility index (Phi) is 4.94. The summed E-state index contributed by atoms with van der Waals surface area (Å²) in [6.07, 6.45) is -5.94. The first kappa shape index (κ1) is 15.5. The van der Waals surface area contributed by atoms with E-state index in [4.69, 9.17) is 0 Å². The zero-order chi connectivity index (χ0) is 14.6. The number of esters is 1. The third-order valence-electron chi connectivity index (χ3n) is 2.74. The van der Waals surface area contributed by atoms with Crippen LogP contribution in [-0.4, -0.2) is 23.8 Å². The van der Waals surface area contributed by atoms with E-state index in [2.05, 4.69) is 4.74 Å². The number of hydrogen-bond donors (Lipinski definition) is 1. The number of carbonyl (C=O) groups is 1. The largest absolute Gasteiger partial charge is 0.464 e. The topological polar surface area (TPSA) is 46.5 Å². The van der Waals surface area contributed by atoms with E-state index in [1.54, 1.807) is 6.92 Å². The molecule has 0 fully saturated rings. The summed E-state index contributed by atoms with van der Waals surface area (Å²) in [5.41, 5.74) is -0.580. The fraction of sp³-hybridized carbons (Fsp3) is 0.462. The number of benzene rings is 1. The zero-order valence-electron chi connectivity index (χ0n) is 10.6. The molecule has 0 aromatic heterocycles. The first-order chi connectivity index (χ1) is 8.77. The van der Waals surface area contributed by atoms with Crippen LogP contribution in [0.25, 0.3) is 0 Å². The molecule has 0 heterocycles. The van der Waals surface area contributed by atoms with Crippen molar-refractivity contribution >= 4 is 5.97 Å². The normalized spacial score (nSPS) is 14.8. The average molecular weight is 276 g/mol. The molecule has 1 rings (SSSR count). The monoisotopic (exact) mass is 276 g/mol. The molecule has 0 saturated carbocycles. The van der Waals surface area contributed by atoms with Crippen molar-refractivity contribution in [2.75, 3.05) is 6.61 Å². The van der Waals surface area contributed by atoms with Crippen LogP contribution in [0.5, 0.6) is 0 Å². The maximum absolute atomic E-state index is 12.6. The molecule has 3 nitrogen and oxygen atoms in total. The van der Waals surface area contributed by atoms with Crippen LogP contribution >= 0.6 is 0 Å². The van der Waals surface area contributed by atoms with Crippen LogP contribution in [0, 0.1) is 0 Å². The maximum atomic E-state index is 12.6. The van der Waals surface area contributed by atoms with Crippen LogP contribution in [0.4, 0.5) is 13.2 Å². The molecular weight excluding hydrogens is 261 g/mol. The molecule has 1 N–H and O–H groups in total. The van der Waals surface area contributed by atoms with Gasteiger partial charge in [0.25, 0.3) is 0 Å². The number of alkyl halides is 3. The summed E-state index contributed by atoms with van der Waals surface area (Å²) >= 11 is 0. The first-order valence-corrected chi connectivity index (χ1v) is 5.79. The molecule has 0 spiro atoms. The quantitative estimate of drug-likeness (QED) is 0.860. The van der Waals surface area contributed by atoms with E-state index in [0.717, 1.165) is 12.1 Å². The third-order valence-corrected chi connectivity index (χ3v) is 2.74. The highest BCUT2D eigenvalue weighted by Crippen LogP contribution is 2.31. The highest BCUT2D eigenvalue weighted by atomic mass is 19.4. The van der Waals surface area contributed by atoms with Crippen LogP contribution in [0.3, 0.4) is 0 Å². The molecule has 0 bridgehead atoms. The molecule has 1 aromatic carbocycles. The summed E-state index contributed by atoms with van der Waals surface area (Å²) in [5.74, 6) is -1.62. The van der Waals surface area contributed by atoms with E-state index >= 15 is 0 Å². The van der Waals surface area contributed by atoms with Crippen LogP contribution in [0.1, 0.15) is 30.9 Å². The summed E-state index contributed by atoms with van der Waals surface area (Å²) < 4.78 is 42.3. The molecule has 2 unspecified atom stereocenters. The van der Waals surface area contributed by atoms with Crippen molar-refractivity contribution in [3.63, 3.8) is 0 Å². The van der Waals surface area contributed by atoms with Crippen LogP contribution < -0.4 is 0 Å².